The summed E-state index contributed by atoms with van der Waals surface area (Å²) in [6, 6.07) is 11.0. The number of carboxylic acid groups (broad SMARTS) is 1. The standard InChI is InChI=1S/C27H28O4/c1-30-24-13-25(31-2)23(27-14-17-9-18(15-27)11-19(10-17)16-27)12-21(24)8-7-20-5-3-4-6-22(20)26(28)29/h3-6,12-13,17-19H,9-11,14-16H2,1-2H3,(H,28,29). The maximum Gasteiger partial charge on any atom is 0.336 e. The van der Waals surface area contributed by atoms with E-state index >= 15 is 0 Å². The fourth-order valence-electron chi connectivity index (χ4n) is 6.76. The van der Waals surface area contributed by atoms with Crippen LogP contribution in [0.3, 0.4) is 0 Å². The summed E-state index contributed by atoms with van der Waals surface area (Å²) in [5, 5.41) is 9.46. The summed E-state index contributed by atoms with van der Waals surface area (Å²) in [6.45, 7) is 0. The molecular formula is C27H28O4. The Morgan fingerprint density at radius 3 is 2.06 bits per heavy atom. The van der Waals surface area contributed by atoms with Gasteiger partial charge in [0, 0.05) is 17.2 Å². The molecule has 4 heteroatoms. The van der Waals surface area contributed by atoms with Crippen molar-refractivity contribution in [1.29, 1.82) is 0 Å². The molecule has 1 N–H and O–H groups in total. The topological polar surface area (TPSA) is 55.8 Å². The normalized spacial score (nSPS) is 28.0. The first-order valence-corrected chi connectivity index (χ1v) is 11.1. The molecule has 31 heavy (non-hydrogen) atoms. The van der Waals surface area contributed by atoms with E-state index in [1.807, 2.05) is 12.1 Å². The Morgan fingerprint density at radius 1 is 0.903 bits per heavy atom. The van der Waals surface area contributed by atoms with Gasteiger partial charge in [-0.25, -0.2) is 4.79 Å². The Morgan fingerprint density at radius 2 is 1.48 bits per heavy atom. The lowest BCUT2D eigenvalue weighted by atomic mass is 9.48. The van der Waals surface area contributed by atoms with Gasteiger partial charge in [-0.05, 0) is 79.9 Å². The number of carbonyl (C=O) groups is 1. The van der Waals surface area contributed by atoms with Crippen molar-refractivity contribution in [2.45, 2.75) is 43.9 Å². The van der Waals surface area contributed by atoms with Crippen molar-refractivity contribution >= 4 is 5.97 Å². The Kier molecular flexibility index (Phi) is 4.93. The molecule has 4 bridgehead atoms. The highest BCUT2D eigenvalue weighted by molar-refractivity contribution is 5.90. The van der Waals surface area contributed by atoms with Crippen molar-refractivity contribution in [3.05, 3.63) is 58.7 Å². The number of aromatic carboxylic acids is 1. The molecule has 160 valence electrons. The van der Waals surface area contributed by atoms with E-state index < -0.39 is 5.97 Å². The Labute approximate surface area is 183 Å². The van der Waals surface area contributed by atoms with Crippen molar-refractivity contribution in [1.82, 2.24) is 0 Å². The van der Waals surface area contributed by atoms with E-state index in [1.54, 1.807) is 32.4 Å². The summed E-state index contributed by atoms with van der Waals surface area (Å²) >= 11 is 0. The average molecular weight is 417 g/mol. The van der Waals surface area contributed by atoms with Crippen molar-refractivity contribution < 1.29 is 19.4 Å². The second-order valence-electron chi connectivity index (χ2n) is 9.55. The van der Waals surface area contributed by atoms with Gasteiger partial charge in [-0.3, -0.25) is 0 Å². The number of methoxy groups -OCH3 is 2. The SMILES string of the molecule is COc1cc(OC)c(C23CC4CC(CC(C4)C2)C3)cc1C#Cc1ccccc1C(=O)O. The maximum atomic E-state index is 11.5. The van der Waals surface area contributed by atoms with Gasteiger partial charge in [-0.1, -0.05) is 24.0 Å². The zero-order valence-corrected chi connectivity index (χ0v) is 18.1. The minimum Gasteiger partial charge on any atom is -0.496 e. The summed E-state index contributed by atoms with van der Waals surface area (Å²) in [6.07, 6.45) is 7.85. The molecule has 0 atom stereocenters. The Balaban J connectivity index is 1.60. The van der Waals surface area contributed by atoms with Gasteiger partial charge in [0.15, 0.2) is 0 Å². The largest absolute Gasteiger partial charge is 0.496 e. The van der Waals surface area contributed by atoms with E-state index in [-0.39, 0.29) is 11.0 Å². The van der Waals surface area contributed by atoms with Gasteiger partial charge in [-0.15, -0.1) is 0 Å². The number of hydrogen-bond acceptors (Lipinski definition) is 3. The first-order valence-electron chi connectivity index (χ1n) is 11.1. The van der Waals surface area contributed by atoms with E-state index in [1.165, 1.54) is 44.1 Å². The van der Waals surface area contributed by atoms with Crippen LogP contribution in [0.2, 0.25) is 0 Å². The number of rotatable bonds is 4. The number of carboxylic acids is 1. The molecule has 4 aliphatic carbocycles. The highest BCUT2D eigenvalue weighted by Crippen LogP contribution is 2.62. The third kappa shape index (κ3) is 3.47. The zero-order valence-electron chi connectivity index (χ0n) is 18.1. The van der Waals surface area contributed by atoms with Crippen LogP contribution >= 0.6 is 0 Å². The molecule has 4 saturated carbocycles. The van der Waals surface area contributed by atoms with Crippen LogP contribution in [0.15, 0.2) is 36.4 Å². The summed E-state index contributed by atoms with van der Waals surface area (Å²) in [5.74, 6) is 9.34. The molecule has 6 rings (SSSR count). The predicted octanol–water partition coefficient (Wildman–Crippen LogP) is 5.27. The first kappa shape index (κ1) is 20.0. The quantitative estimate of drug-likeness (QED) is 0.690. The molecule has 0 amide bonds. The van der Waals surface area contributed by atoms with Gasteiger partial charge >= 0.3 is 5.97 Å². The van der Waals surface area contributed by atoms with Crippen molar-refractivity contribution in [2.24, 2.45) is 17.8 Å². The van der Waals surface area contributed by atoms with Crippen LogP contribution in [0, 0.1) is 29.6 Å². The van der Waals surface area contributed by atoms with Gasteiger partial charge < -0.3 is 14.6 Å². The number of hydrogen-bond donors (Lipinski definition) is 1. The average Bonchev–Trinajstić information content (AvgIpc) is 2.76. The van der Waals surface area contributed by atoms with E-state index in [4.69, 9.17) is 9.47 Å². The van der Waals surface area contributed by atoms with Crippen LogP contribution < -0.4 is 9.47 Å². The van der Waals surface area contributed by atoms with Crippen LogP contribution in [0.5, 0.6) is 11.5 Å². The van der Waals surface area contributed by atoms with Gasteiger partial charge in [0.05, 0.1) is 25.3 Å². The fourth-order valence-corrected chi connectivity index (χ4v) is 6.76. The molecular weight excluding hydrogens is 388 g/mol. The van der Waals surface area contributed by atoms with Crippen LogP contribution in [0.25, 0.3) is 0 Å². The number of benzene rings is 2. The Hall–Kier alpha value is -2.93. The fraction of sp³-hybridized carbons (Fsp3) is 0.444. The second-order valence-corrected chi connectivity index (χ2v) is 9.55. The van der Waals surface area contributed by atoms with Crippen LogP contribution in [-0.2, 0) is 5.41 Å². The zero-order chi connectivity index (χ0) is 21.6. The minimum absolute atomic E-state index is 0.168. The third-order valence-electron chi connectivity index (χ3n) is 7.62. The van der Waals surface area contributed by atoms with Crippen LogP contribution in [-0.4, -0.2) is 25.3 Å². The summed E-state index contributed by atoms with van der Waals surface area (Å²) in [5.41, 5.74) is 2.93. The molecule has 0 radical (unpaired) electrons. The molecule has 2 aromatic carbocycles. The van der Waals surface area contributed by atoms with Crippen molar-refractivity contribution in [3.8, 4) is 23.3 Å². The van der Waals surface area contributed by atoms with Gasteiger partial charge in [0.25, 0.3) is 0 Å². The predicted molar refractivity (Wildman–Crippen MR) is 119 cm³/mol. The minimum atomic E-state index is -0.971. The third-order valence-corrected chi connectivity index (χ3v) is 7.62. The van der Waals surface area contributed by atoms with Crippen molar-refractivity contribution in [3.63, 3.8) is 0 Å². The molecule has 4 nitrogen and oxygen atoms in total. The highest BCUT2D eigenvalue weighted by Gasteiger charge is 2.52. The monoisotopic (exact) mass is 416 g/mol. The number of ether oxygens (including phenoxy) is 2. The molecule has 0 spiro atoms. The van der Waals surface area contributed by atoms with Crippen LogP contribution in [0.4, 0.5) is 0 Å². The van der Waals surface area contributed by atoms with E-state index in [2.05, 4.69) is 17.9 Å². The van der Waals surface area contributed by atoms with Gasteiger partial charge in [-0.2, -0.15) is 0 Å². The molecule has 0 unspecified atom stereocenters. The first-order chi connectivity index (χ1) is 15.0. The highest BCUT2D eigenvalue weighted by atomic mass is 16.5. The Bertz CT molecular complexity index is 1050. The van der Waals surface area contributed by atoms with E-state index in [9.17, 15) is 9.90 Å². The van der Waals surface area contributed by atoms with Crippen molar-refractivity contribution in [2.75, 3.05) is 14.2 Å². The second kappa shape index (κ2) is 7.64. The molecule has 0 aliphatic heterocycles. The molecule has 0 heterocycles. The maximum absolute atomic E-state index is 11.5. The summed E-state index contributed by atoms with van der Waals surface area (Å²) in [7, 11) is 3.36. The van der Waals surface area contributed by atoms with Gasteiger partial charge in [0.2, 0.25) is 0 Å². The van der Waals surface area contributed by atoms with Gasteiger partial charge in [0.1, 0.15) is 11.5 Å². The molecule has 4 aliphatic rings. The molecule has 0 saturated heterocycles. The molecule has 0 aromatic heterocycles. The molecule has 4 fully saturated rings. The molecule has 2 aromatic rings. The lowest BCUT2D eigenvalue weighted by Crippen LogP contribution is -2.48. The summed E-state index contributed by atoms with van der Waals surface area (Å²) < 4.78 is 11.5. The van der Waals surface area contributed by atoms with E-state index in [0.717, 1.165) is 29.1 Å². The summed E-state index contributed by atoms with van der Waals surface area (Å²) in [4.78, 5) is 11.5. The lowest BCUT2D eigenvalue weighted by molar-refractivity contribution is -0.00618. The van der Waals surface area contributed by atoms with E-state index in [0.29, 0.717) is 11.3 Å². The smallest absolute Gasteiger partial charge is 0.336 e. The lowest BCUT2D eigenvalue weighted by Gasteiger charge is -2.57. The van der Waals surface area contributed by atoms with Crippen LogP contribution in [0.1, 0.15) is 65.6 Å².